The van der Waals surface area contributed by atoms with Crippen molar-refractivity contribution in [3.8, 4) is 0 Å². The summed E-state index contributed by atoms with van der Waals surface area (Å²) in [5, 5.41) is 7.59. The van der Waals surface area contributed by atoms with Crippen molar-refractivity contribution in [1.82, 2.24) is 10.6 Å². The summed E-state index contributed by atoms with van der Waals surface area (Å²) in [5.41, 5.74) is 0.505. The van der Waals surface area contributed by atoms with Gasteiger partial charge in [0.2, 0.25) is 0 Å². The van der Waals surface area contributed by atoms with Crippen LogP contribution in [0.3, 0.4) is 0 Å². The van der Waals surface area contributed by atoms with Crippen molar-refractivity contribution in [1.29, 1.82) is 0 Å². The SMILES string of the molecule is CC(C)(C)OC(=O)NC(CNCc1ccc(Cl)cc1Cl)C1CC1. The van der Waals surface area contributed by atoms with Gasteiger partial charge in [0, 0.05) is 29.2 Å². The largest absolute Gasteiger partial charge is 0.444 e. The molecule has 0 aromatic heterocycles. The average molecular weight is 359 g/mol. The Morgan fingerprint density at radius 1 is 1.35 bits per heavy atom. The molecule has 2 rings (SSSR count). The second-order valence-corrected chi connectivity index (χ2v) is 7.80. The van der Waals surface area contributed by atoms with E-state index in [2.05, 4.69) is 10.6 Å². The summed E-state index contributed by atoms with van der Waals surface area (Å²) in [6.45, 7) is 6.90. The molecule has 23 heavy (non-hydrogen) atoms. The summed E-state index contributed by atoms with van der Waals surface area (Å²) in [6, 6.07) is 5.54. The van der Waals surface area contributed by atoms with Gasteiger partial charge in [-0.2, -0.15) is 0 Å². The second kappa shape index (κ2) is 7.73. The van der Waals surface area contributed by atoms with Crippen molar-refractivity contribution in [2.75, 3.05) is 6.54 Å². The van der Waals surface area contributed by atoms with E-state index >= 15 is 0 Å². The number of ether oxygens (including phenoxy) is 1. The first kappa shape index (κ1) is 18.4. The summed E-state index contributed by atoms with van der Waals surface area (Å²) < 4.78 is 5.33. The van der Waals surface area contributed by atoms with Crippen LogP contribution in [-0.4, -0.2) is 24.3 Å². The number of halogens is 2. The fraction of sp³-hybridized carbons (Fsp3) is 0.588. The van der Waals surface area contributed by atoms with Crippen LogP contribution < -0.4 is 10.6 Å². The molecule has 6 heteroatoms. The molecule has 0 heterocycles. The third kappa shape index (κ3) is 6.58. The van der Waals surface area contributed by atoms with Crippen molar-refractivity contribution in [3.63, 3.8) is 0 Å². The predicted molar refractivity (Wildman–Crippen MR) is 94.1 cm³/mol. The van der Waals surface area contributed by atoms with Crippen LogP contribution in [0.5, 0.6) is 0 Å². The van der Waals surface area contributed by atoms with Crippen molar-refractivity contribution >= 4 is 29.3 Å². The summed E-state index contributed by atoms with van der Waals surface area (Å²) in [6.07, 6.45) is 1.92. The van der Waals surface area contributed by atoms with Crippen molar-refractivity contribution < 1.29 is 9.53 Å². The zero-order valence-electron chi connectivity index (χ0n) is 13.8. The van der Waals surface area contributed by atoms with E-state index in [1.165, 1.54) is 0 Å². The van der Waals surface area contributed by atoms with Gasteiger partial charge in [0.25, 0.3) is 0 Å². The minimum atomic E-state index is -0.484. The molecule has 1 aromatic carbocycles. The average Bonchev–Trinajstić information content (AvgIpc) is 3.22. The zero-order valence-corrected chi connectivity index (χ0v) is 15.3. The Morgan fingerprint density at radius 3 is 2.61 bits per heavy atom. The number of carbonyl (C=O) groups excluding carboxylic acids is 1. The molecular weight excluding hydrogens is 335 g/mol. The number of nitrogens with one attached hydrogen (secondary N) is 2. The van der Waals surface area contributed by atoms with E-state index in [1.807, 2.05) is 32.9 Å². The molecule has 1 unspecified atom stereocenters. The maximum atomic E-state index is 11.9. The van der Waals surface area contributed by atoms with Gasteiger partial charge in [-0.25, -0.2) is 4.79 Å². The molecule has 2 N–H and O–H groups in total. The fourth-order valence-corrected chi connectivity index (χ4v) is 2.80. The van der Waals surface area contributed by atoms with E-state index in [9.17, 15) is 4.79 Å². The zero-order chi connectivity index (χ0) is 17.0. The van der Waals surface area contributed by atoms with Gasteiger partial charge in [-0.05, 0) is 57.2 Å². The molecule has 0 radical (unpaired) electrons. The Balaban J connectivity index is 1.82. The number of hydrogen-bond acceptors (Lipinski definition) is 3. The second-order valence-electron chi connectivity index (χ2n) is 6.96. The van der Waals surface area contributed by atoms with E-state index in [0.717, 1.165) is 18.4 Å². The van der Waals surface area contributed by atoms with Crippen molar-refractivity contribution in [2.45, 2.75) is 51.8 Å². The highest BCUT2D eigenvalue weighted by Crippen LogP contribution is 2.32. The molecule has 1 atom stereocenters. The maximum absolute atomic E-state index is 11.9. The van der Waals surface area contributed by atoms with E-state index in [1.54, 1.807) is 6.07 Å². The Morgan fingerprint density at radius 2 is 2.04 bits per heavy atom. The molecule has 0 aliphatic heterocycles. The molecule has 1 fully saturated rings. The van der Waals surface area contributed by atoms with Crippen LogP contribution in [0.15, 0.2) is 18.2 Å². The quantitative estimate of drug-likeness (QED) is 0.792. The number of carbonyl (C=O) groups is 1. The Kier molecular flexibility index (Phi) is 6.18. The number of amides is 1. The number of hydrogen-bond donors (Lipinski definition) is 2. The molecule has 4 nitrogen and oxygen atoms in total. The Labute approximate surface area is 147 Å². The van der Waals surface area contributed by atoms with Gasteiger partial charge in [-0.3, -0.25) is 0 Å². The lowest BCUT2D eigenvalue weighted by Gasteiger charge is -2.24. The summed E-state index contributed by atoms with van der Waals surface area (Å²) >= 11 is 12.1. The number of rotatable bonds is 6. The van der Waals surface area contributed by atoms with Crippen molar-refractivity contribution in [2.24, 2.45) is 5.92 Å². The molecule has 0 bridgehead atoms. The number of benzene rings is 1. The molecule has 0 spiro atoms. The van der Waals surface area contributed by atoms with Crippen molar-refractivity contribution in [3.05, 3.63) is 33.8 Å². The lowest BCUT2D eigenvalue weighted by atomic mass is 10.1. The van der Waals surface area contributed by atoms with Crippen LogP contribution >= 0.6 is 23.2 Å². The first-order chi connectivity index (χ1) is 10.7. The highest BCUT2D eigenvalue weighted by molar-refractivity contribution is 6.35. The van der Waals surface area contributed by atoms with Gasteiger partial charge in [0.1, 0.15) is 5.60 Å². The minimum absolute atomic E-state index is 0.0796. The van der Waals surface area contributed by atoms with E-state index < -0.39 is 5.60 Å². The lowest BCUT2D eigenvalue weighted by Crippen LogP contribution is -2.45. The van der Waals surface area contributed by atoms with Crippen LogP contribution in [0, 0.1) is 5.92 Å². The fourth-order valence-electron chi connectivity index (χ4n) is 2.32. The van der Waals surface area contributed by atoms with Gasteiger partial charge in [-0.1, -0.05) is 29.3 Å². The minimum Gasteiger partial charge on any atom is -0.444 e. The van der Waals surface area contributed by atoms with Crippen LogP contribution in [-0.2, 0) is 11.3 Å². The van der Waals surface area contributed by atoms with E-state index in [-0.39, 0.29) is 12.1 Å². The normalized spacial score (nSPS) is 16.0. The monoisotopic (exact) mass is 358 g/mol. The van der Waals surface area contributed by atoms with Crippen LogP contribution in [0.2, 0.25) is 10.0 Å². The standard InChI is InChI=1S/C17H24Cl2N2O2/c1-17(2,3)23-16(22)21-15(11-4-5-11)10-20-9-12-6-7-13(18)8-14(12)19/h6-8,11,15,20H,4-5,9-10H2,1-3H3,(H,21,22). The number of alkyl carbamates (subject to hydrolysis) is 1. The molecule has 1 amide bonds. The summed E-state index contributed by atoms with van der Waals surface area (Å²) in [5.74, 6) is 0.524. The van der Waals surface area contributed by atoms with Gasteiger partial charge < -0.3 is 15.4 Å². The molecule has 1 aliphatic carbocycles. The maximum Gasteiger partial charge on any atom is 0.407 e. The van der Waals surface area contributed by atoms with Gasteiger partial charge in [-0.15, -0.1) is 0 Å². The van der Waals surface area contributed by atoms with E-state index in [0.29, 0.717) is 29.1 Å². The molecule has 128 valence electrons. The predicted octanol–water partition coefficient (Wildman–Crippen LogP) is 4.39. The molecule has 1 saturated carbocycles. The first-order valence-corrected chi connectivity index (χ1v) is 8.64. The van der Waals surface area contributed by atoms with Gasteiger partial charge >= 0.3 is 6.09 Å². The Hall–Kier alpha value is -0.970. The third-order valence-electron chi connectivity index (χ3n) is 3.59. The molecule has 1 aliphatic rings. The van der Waals surface area contributed by atoms with Gasteiger partial charge in [0.05, 0.1) is 0 Å². The molecular formula is C17H24Cl2N2O2. The van der Waals surface area contributed by atoms with Crippen LogP contribution in [0.25, 0.3) is 0 Å². The third-order valence-corrected chi connectivity index (χ3v) is 4.17. The smallest absolute Gasteiger partial charge is 0.407 e. The highest BCUT2D eigenvalue weighted by Gasteiger charge is 2.33. The topological polar surface area (TPSA) is 50.4 Å². The summed E-state index contributed by atoms with van der Waals surface area (Å²) in [4.78, 5) is 11.9. The van der Waals surface area contributed by atoms with Crippen LogP contribution in [0.4, 0.5) is 4.79 Å². The lowest BCUT2D eigenvalue weighted by molar-refractivity contribution is 0.0497. The van der Waals surface area contributed by atoms with Gasteiger partial charge in [0.15, 0.2) is 0 Å². The summed E-state index contributed by atoms with van der Waals surface area (Å²) in [7, 11) is 0. The Bertz CT molecular complexity index is 554. The molecule has 1 aromatic rings. The first-order valence-electron chi connectivity index (χ1n) is 7.89. The van der Waals surface area contributed by atoms with E-state index in [4.69, 9.17) is 27.9 Å². The molecule has 0 saturated heterocycles. The van der Waals surface area contributed by atoms with Crippen LogP contribution in [0.1, 0.15) is 39.2 Å². The highest BCUT2D eigenvalue weighted by atomic mass is 35.5.